The van der Waals surface area contributed by atoms with Crippen LogP contribution in [0.5, 0.6) is 0 Å². The predicted octanol–water partition coefficient (Wildman–Crippen LogP) is 4.09. The van der Waals surface area contributed by atoms with Crippen LogP contribution in [0.1, 0.15) is 45.7 Å². The normalized spacial score (nSPS) is 38.5. The molecule has 3 saturated carbocycles. The Hall–Kier alpha value is -0.850. The van der Waals surface area contributed by atoms with E-state index in [0.717, 1.165) is 11.8 Å². The molecule has 3 unspecified atom stereocenters. The number of aromatic nitrogens is 1. The van der Waals surface area contributed by atoms with Crippen molar-refractivity contribution in [3.63, 3.8) is 0 Å². The minimum absolute atomic E-state index is 0.516. The quantitative estimate of drug-likeness (QED) is 0.744. The van der Waals surface area contributed by atoms with Crippen LogP contribution in [0.3, 0.4) is 0 Å². The van der Waals surface area contributed by atoms with Crippen LogP contribution in [0, 0.1) is 22.7 Å². The van der Waals surface area contributed by atoms with Gasteiger partial charge in [-0.15, -0.1) is 0 Å². The topological polar surface area (TPSA) is 12.9 Å². The van der Waals surface area contributed by atoms with Crippen LogP contribution in [-0.4, -0.2) is 4.98 Å². The minimum Gasteiger partial charge on any atom is -0.261 e. The maximum absolute atomic E-state index is 4.54. The molecule has 3 aliphatic rings. The van der Waals surface area contributed by atoms with Gasteiger partial charge in [0.1, 0.15) is 0 Å². The van der Waals surface area contributed by atoms with E-state index in [1.807, 2.05) is 12.3 Å². The van der Waals surface area contributed by atoms with Gasteiger partial charge in [-0.25, -0.2) is 0 Å². The molecule has 1 nitrogen and oxygen atoms in total. The molecule has 0 spiro atoms. The molecule has 3 fully saturated rings. The average molecular weight is 229 g/mol. The molecule has 0 N–H and O–H groups in total. The van der Waals surface area contributed by atoms with Crippen molar-refractivity contribution < 1.29 is 0 Å². The average Bonchev–Trinajstić information content (AvgIpc) is 2.32. The van der Waals surface area contributed by atoms with Gasteiger partial charge in [-0.3, -0.25) is 4.98 Å². The van der Waals surface area contributed by atoms with Gasteiger partial charge in [0.15, 0.2) is 0 Å². The highest BCUT2D eigenvalue weighted by atomic mass is 14.7. The number of hydrogen-bond acceptors (Lipinski definition) is 1. The summed E-state index contributed by atoms with van der Waals surface area (Å²) in [5, 5.41) is 0. The van der Waals surface area contributed by atoms with E-state index >= 15 is 0 Å². The van der Waals surface area contributed by atoms with Gasteiger partial charge in [0, 0.05) is 11.9 Å². The Morgan fingerprint density at radius 1 is 1.29 bits per heavy atom. The first-order valence-electron chi connectivity index (χ1n) is 6.96. The molecule has 0 radical (unpaired) electrons. The van der Waals surface area contributed by atoms with Crippen LogP contribution in [0.25, 0.3) is 0 Å². The number of fused-ring (bicyclic) bond motifs is 2. The molecule has 1 heteroatoms. The van der Waals surface area contributed by atoms with Crippen LogP contribution in [-0.2, 0) is 6.42 Å². The summed E-state index contributed by atoms with van der Waals surface area (Å²) in [7, 11) is 0. The fraction of sp³-hybridized carbons (Fsp3) is 0.688. The fourth-order valence-corrected chi connectivity index (χ4v) is 4.56. The van der Waals surface area contributed by atoms with Gasteiger partial charge in [0.25, 0.3) is 0 Å². The largest absolute Gasteiger partial charge is 0.261 e. The van der Waals surface area contributed by atoms with Crippen molar-refractivity contribution in [3.8, 4) is 0 Å². The van der Waals surface area contributed by atoms with E-state index in [1.165, 1.54) is 31.4 Å². The van der Waals surface area contributed by atoms with Gasteiger partial charge in [-0.1, -0.05) is 26.8 Å². The van der Waals surface area contributed by atoms with E-state index in [0.29, 0.717) is 10.8 Å². The number of nitrogens with zero attached hydrogens (tertiary/aromatic N) is 1. The molecular formula is C16H23N. The van der Waals surface area contributed by atoms with E-state index in [-0.39, 0.29) is 0 Å². The second kappa shape index (κ2) is 3.57. The Balaban J connectivity index is 1.90. The summed E-state index contributed by atoms with van der Waals surface area (Å²) < 4.78 is 0. The van der Waals surface area contributed by atoms with Crippen LogP contribution in [0.15, 0.2) is 24.4 Å². The maximum Gasteiger partial charge on any atom is 0.0409 e. The predicted molar refractivity (Wildman–Crippen MR) is 70.7 cm³/mol. The van der Waals surface area contributed by atoms with Crippen molar-refractivity contribution in [2.75, 3.05) is 0 Å². The van der Waals surface area contributed by atoms with E-state index in [2.05, 4.69) is 37.9 Å². The van der Waals surface area contributed by atoms with Crippen LogP contribution in [0.4, 0.5) is 0 Å². The number of rotatable bonds is 2. The van der Waals surface area contributed by atoms with Crippen molar-refractivity contribution >= 4 is 0 Å². The van der Waals surface area contributed by atoms with Gasteiger partial charge in [-0.05, 0) is 60.5 Å². The lowest BCUT2D eigenvalue weighted by Crippen LogP contribution is -2.62. The van der Waals surface area contributed by atoms with Gasteiger partial charge in [0.2, 0.25) is 0 Å². The Morgan fingerprint density at radius 3 is 2.71 bits per heavy atom. The van der Waals surface area contributed by atoms with Crippen LogP contribution < -0.4 is 0 Å². The SMILES string of the molecule is CC1CCC2CC1(Cc1ccccn1)C2(C)C. The number of pyridine rings is 1. The van der Waals surface area contributed by atoms with E-state index in [1.54, 1.807) is 0 Å². The first kappa shape index (κ1) is 11.3. The molecule has 1 aromatic rings. The van der Waals surface area contributed by atoms with Crippen molar-refractivity contribution in [1.29, 1.82) is 0 Å². The van der Waals surface area contributed by atoms with Gasteiger partial charge in [-0.2, -0.15) is 0 Å². The molecule has 1 heterocycles. The highest BCUT2D eigenvalue weighted by Gasteiger charge is 2.63. The summed E-state index contributed by atoms with van der Waals surface area (Å²) >= 11 is 0. The molecule has 0 aliphatic heterocycles. The Kier molecular flexibility index (Phi) is 2.36. The molecule has 0 saturated heterocycles. The summed E-state index contributed by atoms with van der Waals surface area (Å²) in [4.78, 5) is 4.54. The summed E-state index contributed by atoms with van der Waals surface area (Å²) in [6.07, 6.45) is 7.40. The third-order valence-electron chi connectivity index (χ3n) is 6.03. The van der Waals surface area contributed by atoms with E-state index in [4.69, 9.17) is 0 Å². The standard InChI is InChI=1S/C16H23N/c1-12-7-8-13-10-16(12,15(13,2)3)11-14-6-4-5-9-17-14/h4-6,9,12-13H,7-8,10-11H2,1-3H3. The molecule has 17 heavy (non-hydrogen) atoms. The lowest BCUT2D eigenvalue weighted by Gasteiger charge is -2.69. The molecule has 92 valence electrons. The molecule has 1 aromatic heterocycles. The zero-order valence-electron chi connectivity index (χ0n) is 11.2. The fourth-order valence-electron chi connectivity index (χ4n) is 4.56. The first-order valence-corrected chi connectivity index (χ1v) is 6.96. The van der Waals surface area contributed by atoms with Crippen LogP contribution in [0.2, 0.25) is 0 Å². The summed E-state index contributed by atoms with van der Waals surface area (Å²) in [6.45, 7) is 7.43. The zero-order valence-corrected chi connectivity index (χ0v) is 11.2. The Bertz CT molecular complexity index is 409. The second-order valence-corrected chi connectivity index (χ2v) is 6.76. The molecular weight excluding hydrogens is 206 g/mol. The summed E-state index contributed by atoms with van der Waals surface area (Å²) in [6, 6.07) is 6.33. The zero-order chi connectivity index (χ0) is 12.1. The van der Waals surface area contributed by atoms with Gasteiger partial charge in [0.05, 0.1) is 0 Å². The molecule has 2 bridgehead atoms. The molecule has 3 atom stereocenters. The van der Waals surface area contributed by atoms with E-state index < -0.39 is 0 Å². The smallest absolute Gasteiger partial charge is 0.0409 e. The monoisotopic (exact) mass is 229 g/mol. The molecule has 4 rings (SSSR count). The molecule has 3 aliphatic carbocycles. The Morgan fingerprint density at radius 2 is 2.12 bits per heavy atom. The van der Waals surface area contributed by atoms with Crippen molar-refractivity contribution in [2.24, 2.45) is 22.7 Å². The lowest BCUT2D eigenvalue weighted by atomic mass is 9.36. The number of hydrogen-bond donors (Lipinski definition) is 0. The third-order valence-corrected chi connectivity index (χ3v) is 6.03. The van der Waals surface area contributed by atoms with Crippen molar-refractivity contribution in [2.45, 2.75) is 46.5 Å². The molecule has 0 aromatic carbocycles. The third kappa shape index (κ3) is 1.41. The minimum atomic E-state index is 0.516. The van der Waals surface area contributed by atoms with Crippen molar-refractivity contribution in [3.05, 3.63) is 30.1 Å². The summed E-state index contributed by atoms with van der Waals surface area (Å²) in [5.74, 6) is 1.81. The van der Waals surface area contributed by atoms with E-state index in [9.17, 15) is 0 Å². The van der Waals surface area contributed by atoms with Gasteiger partial charge >= 0.3 is 0 Å². The Labute approximate surface area is 105 Å². The molecule has 0 amide bonds. The van der Waals surface area contributed by atoms with Crippen LogP contribution >= 0.6 is 0 Å². The van der Waals surface area contributed by atoms with Crippen molar-refractivity contribution in [1.82, 2.24) is 4.98 Å². The lowest BCUT2D eigenvalue weighted by molar-refractivity contribution is -0.194. The second-order valence-electron chi connectivity index (χ2n) is 6.76. The first-order chi connectivity index (χ1) is 8.06. The summed E-state index contributed by atoms with van der Waals surface area (Å²) in [5.41, 5.74) is 2.32. The van der Waals surface area contributed by atoms with Gasteiger partial charge < -0.3 is 0 Å². The highest BCUT2D eigenvalue weighted by molar-refractivity contribution is 5.18. The maximum atomic E-state index is 4.54. The highest BCUT2D eigenvalue weighted by Crippen LogP contribution is 2.70.